The molecule has 1 N–H and O–H groups in total. The monoisotopic (exact) mass is 345 g/mol. The number of likely N-dealkylation sites (tertiary alicyclic amines) is 1. The van der Waals surface area contributed by atoms with Gasteiger partial charge >= 0.3 is 5.97 Å². The molecule has 0 saturated carbocycles. The molecule has 2 aliphatic heterocycles. The minimum Gasteiger partial charge on any atom is -0.465 e. The fraction of sp³-hybridized carbons (Fsp3) is 0.632. The molecule has 1 aromatic heterocycles. The van der Waals surface area contributed by atoms with Crippen LogP contribution in [-0.2, 0) is 27.2 Å². The molecule has 1 aromatic rings. The summed E-state index contributed by atoms with van der Waals surface area (Å²) < 4.78 is 4.97. The Labute approximate surface area is 148 Å². The summed E-state index contributed by atoms with van der Waals surface area (Å²) in [6.07, 6.45) is 4.58. The molecule has 1 saturated heterocycles. The summed E-state index contributed by atoms with van der Waals surface area (Å²) >= 11 is 0. The van der Waals surface area contributed by atoms with Crippen LogP contribution in [0.15, 0.2) is 12.1 Å². The second-order valence-corrected chi connectivity index (χ2v) is 6.93. The smallest absolute Gasteiger partial charge is 0.325 e. The average molecular weight is 345 g/mol. The van der Waals surface area contributed by atoms with Crippen LogP contribution in [0.1, 0.15) is 44.4 Å². The van der Waals surface area contributed by atoms with Crippen LogP contribution >= 0.6 is 0 Å². The lowest BCUT2D eigenvalue weighted by Crippen LogP contribution is -2.37. The normalized spacial score (nSPS) is 22.5. The number of hydrogen-bond acceptors (Lipinski definition) is 5. The average Bonchev–Trinajstić information content (AvgIpc) is 2.87. The number of amides is 1. The summed E-state index contributed by atoms with van der Waals surface area (Å²) in [4.78, 5) is 30.6. The van der Waals surface area contributed by atoms with E-state index in [0.717, 1.165) is 50.2 Å². The standard InChI is InChI=1S/C19H27N3O3/c1-3-25-17(23)12-22-13(2)11-15(19(22)24)7-9-16-8-6-14-5-4-10-20-18(14)21-16/h6,8,13,15H,3-5,7,9-12H2,1-2H3,(H,20,21). The van der Waals surface area contributed by atoms with E-state index >= 15 is 0 Å². The summed E-state index contributed by atoms with van der Waals surface area (Å²) in [7, 11) is 0. The van der Waals surface area contributed by atoms with Gasteiger partial charge in [0.2, 0.25) is 5.91 Å². The Bertz CT molecular complexity index is 647. The van der Waals surface area contributed by atoms with Crippen molar-refractivity contribution >= 4 is 17.7 Å². The highest BCUT2D eigenvalue weighted by atomic mass is 16.5. The van der Waals surface area contributed by atoms with E-state index in [1.807, 2.05) is 6.92 Å². The number of nitrogens with one attached hydrogen (secondary N) is 1. The number of nitrogens with zero attached hydrogens (tertiary/aromatic N) is 2. The van der Waals surface area contributed by atoms with Crippen LogP contribution in [0.3, 0.4) is 0 Å². The number of esters is 1. The van der Waals surface area contributed by atoms with E-state index in [1.165, 1.54) is 5.56 Å². The number of hydrogen-bond donors (Lipinski definition) is 1. The van der Waals surface area contributed by atoms with Gasteiger partial charge in [-0.2, -0.15) is 0 Å². The minimum absolute atomic E-state index is 0.0322. The second kappa shape index (κ2) is 7.85. The molecule has 0 bridgehead atoms. The molecule has 0 spiro atoms. The minimum atomic E-state index is -0.328. The van der Waals surface area contributed by atoms with E-state index in [-0.39, 0.29) is 30.4 Å². The SMILES string of the molecule is CCOC(=O)CN1C(=O)C(CCc2ccc3c(n2)NCCC3)CC1C. The zero-order valence-electron chi connectivity index (χ0n) is 15.1. The maximum atomic E-state index is 12.6. The molecule has 0 radical (unpaired) electrons. The number of rotatable bonds is 6. The van der Waals surface area contributed by atoms with Gasteiger partial charge < -0.3 is 15.0 Å². The quantitative estimate of drug-likeness (QED) is 0.800. The van der Waals surface area contributed by atoms with Crippen molar-refractivity contribution in [1.29, 1.82) is 0 Å². The van der Waals surface area contributed by atoms with E-state index in [1.54, 1.807) is 11.8 Å². The van der Waals surface area contributed by atoms with Gasteiger partial charge in [0.25, 0.3) is 0 Å². The van der Waals surface area contributed by atoms with Crippen molar-refractivity contribution in [1.82, 2.24) is 9.88 Å². The molecule has 3 rings (SSSR count). The van der Waals surface area contributed by atoms with Crippen LogP contribution in [0.4, 0.5) is 5.82 Å². The number of pyridine rings is 1. The highest BCUT2D eigenvalue weighted by molar-refractivity contribution is 5.85. The molecule has 1 fully saturated rings. The summed E-state index contributed by atoms with van der Waals surface area (Å²) in [5, 5.41) is 3.35. The molecule has 2 aliphatic rings. The molecule has 3 heterocycles. The van der Waals surface area contributed by atoms with Gasteiger partial charge in [-0.15, -0.1) is 0 Å². The van der Waals surface area contributed by atoms with Crippen molar-refractivity contribution < 1.29 is 14.3 Å². The van der Waals surface area contributed by atoms with Crippen LogP contribution in [0.5, 0.6) is 0 Å². The van der Waals surface area contributed by atoms with E-state index in [0.29, 0.717) is 6.61 Å². The van der Waals surface area contributed by atoms with Crippen molar-refractivity contribution in [2.45, 2.75) is 52.0 Å². The van der Waals surface area contributed by atoms with Gasteiger partial charge in [-0.3, -0.25) is 9.59 Å². The fourth-order valence-electron chi connectivity index (χ4n) is 3.74. The van der Waals surface area contributed by atoms with Crippen LogP contribution in [-0.4, -0.2) is 47.5 Å². The second-order valence-electron chi connectivity index (χ2n) is 6.93. The van der Waals surface area contributed by atoms with Crippen molar-refractivity contribution in [3.63, 3.8) is 0 Å². The van der Waals surface area contributed by atoms with Crippen molar-refractivity contribution in [2.24, 2.45) is 5.92 Å². The van der Waals surface area contributed by atoms with E-state index < -0.39 is 0 Å². The molecule has 2 atom stereocenters. The zero-order chi connectivity index (χ0) is 17.8. The molecule has 6 heteroatoms. The number of carbonyl (C=O) groups excluding carboxylic acids is 2. The number of aryl methyl sites for hydroxylation is 2. The lowest BCUT2D eigenvalue weighted by Gasteiger charge is -2.20. The summed E-state index contributed by atoms with van der Waals surface area (Å²) in [5.41, 5.74) is 2.30. The third kappa shape index (κ3) is 4.11. The molecule has 25 heavy (non-hydrogen) atoms. The zero-order valence-corrected chi connectivity index (χ0v) is 15.1. The number of carbonyl (C=O) groups is 2. The molecule has 6 nitrogen and oxygen atoms in total. The highest BCUT2D eigenvalue weighted by Crippen LogP contribution is 2.28. The van der Waals surface area contributed by atoms with Gasteiger partial charge in [0.15, 0.2) is 0 Å². The molecule has 1 amide bonds. The topological polar surface area (TPSA) is 71.5 Å². The van der Waals surface area contributed by atoms with E-state index in [9.17, 15) is 9.59 Å². The number of anilines is 1. The summed E-state index contributed by atoms with van der Waals surface area (Å²) in [5.74, 6) is 0.705. The van der Waals surface area contributed by atoms with Crippen molar-refractivity contribution in [2.75, 3.05) is 25.0 Å². The van der Waals surface area contributed by atoms with Gasteiger partial charge in [0.05, 0.1) is 6.61 Å². The largest absolute Gasteiger partial charge is 0.465 e. The Morgan fingerprint density at radius 2 is 2.28 bits per heavy atom. The van der Waals surface area contributed by atoms with Gasteiger partial charge in [-0.05, 0) is 57.6 Å². The third-order valence-corrected chi connectivity index (χ3v) is 5.10. The van der Waals surface area contributed by atoms with Gasteiger partial charge in [-0.1, -0.05) is 6.07 Å². The van der Waals surface area contributed by atoms with Crippen molar-refractivity contribution in [3.8, 4) is 0 Å². The first-order valence-corrected chi connectivity index (χ1v) is 9.27. The predicted molar refractivity (Wildman–Crippen MR) is 95.3 cm³/mol. The number of aromatic nitrogens is 1. The van der Waals surface area contributed by atoms with E-state index in [4.69, 9.17) is 9.72 Å². The lowest BCUT2D eigenvalue weighted by atomic mass is 9.98. The van der Waals surface area contributed by atoms with Crippen LogP contribution in [0, 0.1) is 5.92 Å². The van der Waals surface area contributed by atoms with Crippen LogP contribution < -0.4 is 5.32 Å². The maximum Gasteiger partial charge on any atom is 0.325 e. The Hall–Kier alpha value is -2.11. The number of ether oxygens (including phenoxy) is 1. The van der Waals surface area contributed by atoms with Gasteiger partial charge in [0, 0.05) is 24.2 Å². The van der Waals surface area contributed by atoms with Gasteiger partial charge in [0.1, 0.15) is 12.4 Å². The molecular weight excluding hydrogens is 318 g/mol. The Morgan fingerprint density at radius 1 is 1.44 bits per heavy atom. The third-order valence-electron chi connectivity index (χ3n) is 5.10. The van der Waals surface area contributed by atoms with Crippen molar-refractivity contribution in [3.05, 3.63) is 23.4 Å². The first-order chi connectivity index (χ1) is 12.1. The summed E-state index contributed by atoms with van der Waals surface area (Å²) in [6.45, 7) is 5.15. The van der Waals surface area contributed by atoms with E-state index in [2.05, 4.69) is 17.4 Å². The van der Waals surface area contributed by atoms with Crippen LogP contribution in [0.2, 0.25) is 0 Å². The fourth-order valence-corrected chi connectivity index (χ4v) is 3.74. The Kier molecular flexibility index (Phi) is 5.56. The lowest BCUT2D eigenvalue weighted by molar-refractivity contribution is -0.149. The Morgan fingerprint density at radius 3 is 3.08 bits per heavy atom. The highest BCUT2D eigenvalue weighted by Gasteiger charge is 2.37. The van der Waals surface area contributed by atoms with Crippen LogP contribution in [0.25, 0.3) is 0 Å². The molecule has 0 aromatic carbocycles. The maximum absolute atomic E-state index is 12.6. The molecule has 0 aliphatic carbocycles. The predicted octanol–water partition coefficient (Wildman–Crippen LogP) is 2.17. The first kappa shape index (κ1) is 17.7. The number of fused-ring (bicyclic) bond motifs is 1. The first-order valence-electron chi connectivity index (χ1n) is 9.27. The molecule has 2 unspecified atom stereocenters. The Balaban J connectivity index is 1.56. The summed E-state index contributed by atoms with van der Waals surface area (Å²) in [6, 6.07) is 4.31. The molecule has 136 valence electrons. The molecular formula is C19H27N3O3. The van der Waals surface area contributed by atoms with Gasteiger partial charge in [-0.25, -0.2) is 4.98 Å².